The number of carbonyl (C=O) groups excluding carboxylic acids is 2. The Hall–Kier alpha value is -5.40. The number of nitrogens with zero attached hydrogens (tertiary/aromatic N) is 2. The summed E-state index contributed by atoms with van der Waals surface area (Å²) in [5.41, 5.74) is 17.4. The molecule has 0 atom stereocenters. The second-order valence-corrected chi connectivity index (χ2v) is 7.61. The van der Waals surface area contributed by atoms with Crippen molar-refractivity contribution in [3.63, 3.8) is 0 Å². The van der Waals surface area contributed by atoms with Crippen molar-refractivity contribution in [3.05, 3.63) is 80.9 Å². The molecule has 14 heteroatoms. The van der Waals surface area contributed by atoms with Crippen LogP contribution >= 0.6 is 0 Å². The summed E-state index contributed by atoms with van der Waals surface area (Å²) in [7, 11) is 0. The minimum atomic E-state index is -0.592. The van der Waals surface area contributed by atoms with Gasteiger partial charge in [0.1, 0.15) is 18.1 Å². The van der Waals surface area contributed by atoms with E-state index in [0.717, 1.165) is 12.1 Å². The highest BCUT2D eigenvalue weighted by Gasteiger charge is 2.13. The van der Waals surface area contributed by atoms with Gasteiger partial charge in [0.15, 0.2) is 17.3 Å². The van der Waals surface area contributed by atoms with Crippen molar-refractivity contribution in [2.45, 2.75) is 13.3 Å². The first kappa shape index (κ1) is 28.8. The Kier molecular flexibility index (Phi) is 10.3. The van der Waals surface area contributed by atoms with E-state index in [-0.39, 0.29) is 65.6 Å². The van der Waals surface area contributed by atoms with Gasteiger partial charge in [-0.2, -0.15) is 0 Å². The smallest absolute Gasteiger partial charge is 0.273 e. The van der Waals surface area contributed by atoms with Crippen LogP contribution in [-0.2, 0) is 9.59 Å². The molecule has 0 heterocycles. The molecule has 3 aromatic rings. The molecule has 0 unspecified atom stereocenters. The Labute approximate surface area is 216 Å². The maximum atomic E-state index is 11.2. The first-order valence-electron chi connectivity index (χ1n) is 10.8. The highest BCUT2D eigenvalue weighted by atomic mass is 16.7. The monoisotopic (exact) mass is 527 g/mol. The van der Waals surface area contributed by atoms with Gasteiger partial charge in [0.2, 0.25) is 6.79 Å². The van der Waals surface area contributed by atoms with Crippen LogP contribution < -0.4 is 31.4 Å². The van der Waals surface area contributed by atoms with Gasteiger partial charge in [-0.15, -0.1) is 0 Å². The molecular weight excluding hydrogens is 502 g/mol. The Morgan fingerprint density at radius 1 is 0.737 bits per heavy atom. The van der Waals surface area contributed by atoms with Crippen molar-refractivity contribution >= 4 is 40.0 Å². The van der Waals surface area contributed by atoms with Crippen LogP contribution in [0.15, 0.2) is 60.7 Å². The van der Waals surface area contributed by atoms with Crippen molar-refractivity contribution in [2.24, 2.45) is 0 Å². The number of non-ortho nitro benzene ring substituents is 2. The van der Waals surface area contributed by atoms with Crippen LogP contribution in [0.1, 0.15) is 13.3 Å². The fraction of sp³-hybridized carbons (Fsp3) is 0.167. The van der Waals surface area contributed by atoms with Gasteiger partial charge in [-0.25, -0.2) is 0 Å². The predicted molar refractivity (Wildman–Crippen MR) is 138 cm³/mol. The van der Waals surface area contributed by atoms with Gasteiger partial charge in [0.25, 0.3) is 11.4 Å². The molecule has 0 amide bonds. The van der Waals surface area contributed by atoms with E-state index in [4.69, 9.17) is 31.4 Å². The number of hydrogen-bond donors (Lipinski definition) is 3. The third-order valence-corrected chi connectivity index (χ3v) is 4.60. The second kappa shape index (κ2) is 13.6. The Bertz CT molecular complexity index is 1270. The van der Waals surface area contributed by atoms with Crippen LogP contribution in [0, 0.1) is 20.2 Å². The summed E-state index contributed by atoms with van der Waals surface area (Å²) in [5.74, 6) is 0.177. The first-order valence-corrected chi connectivity index (χ1v) is 10.8. The van der Waals surface area contributed by atoms with E-state index >= 15 is 0 Å². The highest BCUT2D eigenvalue weighted by molar-refractivity contribution is 5.98. The molecule has 0 aliphatic heterocycles. The van der Waals surface area contributed by atoms with E-state index in [1.807, 2.05) is 0 Å². The van der Waals surface area contributed by atoms with Gasteiger partial charge in [-0.05, 0) is 31.2 Å². The zero-order valence-corrected chi connectivity index (χ0v) is 20.2. The summed E-state index contributed by atoms with van der Waals surface area (Å²) in [6.07, 6.45) is -0.0905. The van der Waals surface area contributed by atoms with E-state index in [1.165, 1.54) is 31.2 Å². The van der Waals surface area contributed by atoms with Crippen LogP contribution in [0.4, 0.5) is 28.4 Å². The van der Waals surface area contributed by atoms with Crippen LogP contribution in [0.3, 0.4) is 0 Å². The number of rotatable bonds is 11. The molecule has 0 spiro atoms. The molecule has 0 aliphatic carbocycles. The lowest BCUT2D eigenvalue weighted by atomic mass is 10.2. The summed E-state index contributed by atoms with van der Waals surface area (Å²) in [6.45, 7) is 0.874. The number of hydrogen-bond acceptors (Lipinski definition) is 12. The number of nitro groups is 2. The summed E-state index contributed by atoms with van der Waals surface area (Å²) in [4.78, 5) is 42.0. The van der Waals surface area contributed by atoms with E-state index < -0.39 is 9.85 Å². The first-order chi connectivity index (χ1) is 18.0. The lowest BCUT2D eigenvalue weighted by Crippen LogP contribution is -2.14. The number of ether oxygens (including phenoxy) is 3. The molecule has 6 N–H and O–H groups in total. The second-order valence-electron chi connectivity index (χ2n) is 7.61. The highest BCUT2D eigenvalue weighted by Crippen LogP contribution is 2.29. The number of Topliss-reactive ketones (excluding diaryl/α,β-unsaturated/α-hetero) is 2. The molecule has 200 valence electrons. The molecular formula is C24H25N5O9. The average Bonchev–Trinajstić information content (AvgIpc) is 2.85. The molecule has 0 bridgehead atoms. The zero-order valence-electron chi connectivity index (χ0n) is 20.2. The Morgan fingerprint density at radius 3 is 1.66 bits per heavy atom. The fourth-order valence-electron chi connectivity index (χ4n) is 2.78. The average molecular weight is 527 g/mol. The minimum absolute atomic E-state index is 0.0585. The molecule has 0 aromatic heterocycles. The Balaban J connectivity index is 0.000000293. The minimum Gasteiger partial charge on any atom is -0.484 e. The van der Waals surface area contributed by atoms with E-state index in [9.17, 15) is 29.8 Å². The van der Waals surface area contributed by atoms with Crippen LogP contribution in [-0.4, -0.2) is 34.8 Å². The van der Waals surface area contributed by atoms with Crippen LogP contribution in [0.2, 0.25) is 0 Å². The number of anilines is 3. The van der Waals surface area contributed by atoms with Crippen LogP contribution in [0.5, 0.6) is 17.2 Å². The summed E-state index contributed by atoms with van der Waals surface area (Å²) in [5, 5.41) is 21.4. The van der Waals surface area contributed by atoms with Gasteiger partial charge in [0.05, 0.1) is 45.5 Å². The van der Waals surface area contributed by atoms with Crippen molar-refractivity contribution in [1.82, 2.24) is 0 Å². The number of para-hydroxylation sites is 2. The number of benzene rings is 3. The zero-order chi connectivity index (χ0) is 28.2. The maximum absolute atomic E-state index is 11.2. The van der Waals surface area contributed by atoms with Gasteiger partial charge in [0, 0.05) is 12.1 Å². The molecule has 3 aromatic carbocycles. The molecule has 14 nitrogen and oxygen atoms in total. The molecule has 0 radical (unpaired) electrons. The van der Waals surface area contributed by atoms with Crippen molar-refractivity contribution in [1.29, 1.82) is 0 Å². The number of ketones is 2. The standard InChI is InChI=1S/C13H12N4O6.C11H13NO3/c14-10-3-1-8(16(18)19)5-12(10)22-7-23-13-6-9(17(20)21)2-4-11(13)15;1-8(13)6-9(14)7-15-11-5-3-2-4-10(11)12/h1-6H,7,14-15H2;2-5H,6-7,12H2,1H3. The molecule has 0 fully saturated rings. The normalized spacial score (nSPS) is 9.92. The van der Waals surface area contributed by atoms with Crippen LogP contribution in [0.25, 0.3) is 0 Å². The van der Waals surface area contributed by atoms with Gasteiger partial charge in [-0.3, -0.25) is 29.8 Å². The maximum Gasteiger partial charge on any atom is 0.273 e. The van der Waals surface area contributed by atoms with Gasteiger partial charge in [-0.1, -0.05) is 12.1 Å². The van der Waals surface area contributed by atoms with Crippen molar-refractivity contribution < 1.29 is 33.6 Å². The summed E-state index contributed by atoms with van der Waals surface area (Å²) < 4.78 is 15.6. The van der Waals surface area contributed by atoms with Crippen molar-refractivity contribution in [3.8, 4) is 17.2 Å². The molecule has 0 aliphatic rings. The number of carbonyl (C=O) groups is 2. The third-order valence-electron chi connectivity index (χ3n) is 4.60. The summed E-state index contributed by atoms with van der Waals surface area (Å²) in [6, 6.07) is 14.3. The SMILES string of the molecule is CC(=O)CC(=O)COc1ccccc1N.Nc1ccc([N+](=O)[O-])cc1OCOc1cc([N+](=O)[O-])ccc1N. The van der Waals surface area contributed by atoms with E-state index in [0.29, 0.717) is 11.4 Å². The van der Waals surface area contributed by atoms with Gasteiger partial charge >= 0.3 is 0 Å². The third kappa shape index (κ3) is 8.99. The fourth-order valence-corrected chi connectivity index (χ4v) is 2.78. The summed E-state index contributed by atoms with van der Waals surface area (Å²) >= 11 is 0. The molecule has 38 heavy (non-hydrogen) atoms. The van der Waals surface area contributed by atoms with Gasteiger partial charge < -0.3 is 31.4 Å². The number of nitrogen functional groups attached to an aromatic ring is 3. The molecule has 0 saturated heterocycles. The predicted octanol–water partition coefficient (Wildman–Crippen LogP) is 3.28. The van der Waals surface area contributed by atoms with E-state index in [1.54, 1.807) is 24.3 Å². The largest absolute Gasteiger partial charge is 0.484 e. The quantitative estimate of drug-likeness (QED) is 0.107. The lowest BCUT2D eigenvalue weighted by Gasteiger charge is -2.11. The number of nitrogens with two attached hydrogens (primary N) is 3. The Morgan fingerprint density at radius 2 is 1.21 bits per heavy atom. The topological polar surface area (TPSA) is 226 Å². The van der Waals surface area contributed by atoms with E-state index in [2.05, 4.69) is 0 Å². The lowest BCUT2D eigenvalue weighted by molar-refractivity contribution is -0.385. The number of nitro benzene ring substituents is 2. The molecule has 0 saturated carbocycles. The molecule has 3 rings (SSSR count). The van der Waals surface area contributed by atoms with Crippen molar-refractivity contribution in [2.75, 3.05) is 30.6 Å².